The number of carbonyl (C=O) groups is 1. The van der Waals surface area contributed by atoms with E-state index in [-0.39, 0.29) is 5.91 Å². The van der Waals surface area contributed by atoms with Crippen LogP contribution in [-0.2, 0) is 0 Å². The zero-order chi connectivity index (χ0) is 13.5. The van der Waals surface area contributed by atoms with E-state index in [9.17, 15) is 4.79 Å². The van der Waals surface area contributed by atoms with Crippen molar-refractivity contribution in [2.75, 3.05) is 34.3 Å². The Labute approximate surface area is 108 Å². The molecule has 1 aromatic rings. The summed E-state index contributed by atoms with van der Waals surface area (Å²) in [5, 5.41) is 1.25. The largest absolute Gasteiger partial charge is 0.497 e. The predicted molar refractivity (Wildman–Crippen MR) is 71.4 cm³/mol. The zero-order valence-electron chi connectivity index (χ0n) is 11.2. The van der Waals surface area contributed by atoms with Crippen LogP contribution in [0.3, 0.4) is 0 Å². The molecule has 5 nitrogen and oxygen atoms in total. The molecular formula is C13H21N3O2. The second kappa shape index (κ2) is 6.98. The summed E-state index contributed by atoms with van der Waals surface area (Å²) in [5.41, 5.74) is 0.543. The highest BCUT2D eigenvalue weighted by Gasteiger charge is 2.12. The van der Waals surface area contributed by atoms with E-state index in [0.29, 0.717) is 17.9 Å². The summed E-state index contributed by atoms with van der Waals surface area (Å²) in [7, 11) is 5.55. The molecule has 0 saturated heterocycles. The number of ether oxygens (including phenoxy) is 1. The van der Waals surface area contributed by atoms with Gasteiger partial charge in [-0.25, -0.2) is 5.84 Å². The molecule has 0 radical (unpaired) electrons. The first kappa shape index (κ1) is 14.5. The molecule has 5 heteroatoms. The number of hydrazine groups is 1. The number of hydrogen-bond donors (Lipinski definition) is 1. The van der Waals surface area contributed by atoms with Crippen molar-refractivity contribution in [1.29, 1.82) is 0 Å². The van der Waals surface area contributed by atoms with Crippen LogP contribution in [0.15, 0.2) is 24.3 Å². The fraction of sp³-hybridized carbons (Fsp3) is 0.462. The van der Waals surface area contributed by atoms with Crippen LogP contribution < -0.4 is 10.6 Å². The van der Waals surface area contributed by atoms with E-state index < -0.39 is 0 Å². The average molecular weight is 251 g/mol. The van der Waals surface area contributed by atoms with Gasteiger partial charge in [0.1, 0.15) is 5.75 Å². The molecule has 0 aromatic heterocycles. The molecule has 1 rings (SSSR count). The van der Waals surface area contributed by atoms with Crippen LogP contribution in [-0.4, -0.2) is 50.1 Å². The first-order valence-corrected chi connectivity index (χ1v) is 5.90. The molecule has 18 heavy (non-hydrogen) atoms. The maximum atomic E-state index is 12.0. The Morgan fingerprint density at radius 3 is 2.67 bits per heavy atom. The molecule has 0 unspecified atom stereocenters. The van der Waals surface area contributed by atoms with Gasteiger partial charge in [-0.2, -0.15) is 0 Å². The number of hydrogen-bond acceptors (Lipinski definition) is 4. The van der Waals surface area contributed by atoms with Gasteiger partial charge in [-0.3, -0.25) is 9.80 Å². The van der Waals surface area contributed by atoms with Gasteiger partial charge in [-0.1, -0.05) is 6.07 Å². The predicted octanol–water partition coefficient (Wildman–Crippen LogP) is 0.963. The molecule has 0 heterocycles. The normalized spacial score (nSPS) is 10.5. The van der Waals surface area contributed by atoms with Crippen LogP contribution in [0.1, 0.15) is 16.8 Å². The van der Waals surface area contributed by atoms with Crippen molar-refractivity contribution in [2.45, 2.75) is 6.42 Å². The molecule has 0 atom stereocenters. The van der Waals surface area contributed by atoms with Crippen LogP contribution in [0, 0.1) is 0 Å². The molecule has 0 aliphatic heterocycles. The van der Waals surface area contributed by atoms with Crippen LogP contribution in [0.25, 0.3) is 0 Å². The van der Waals surface area contributed by atoms with Gasteiger partial charge in [0.25, 0.3) is 5.91 Å². The zero-order valence-corrected chi connectivity index (χ0v) is 11.2. The number of amides is 1. The van der Waals surface area contributed by atoms with Crippen LogP contribution in [0.4, 0.5) is 0 Å². The van der Waals surface area contributed by atoms with Gasteiger partial charge < -0.3 is 9.64 Å². The Bertz CT molecular complexity index is 394. The van der Waals surface area contributed by atoms with Crippen molar-refractivity contribution in [3.8, 4) is 5.75 Å². The molecule has 0 spiro atoms. The van der Waals surface area contributed by atoms with Crippen molar-refractivity contribution in [1.82, 2.24) is 9.91 Å². The van der Waals surface area contributed by atoms with Crippen LogP contribution >= 0.6 is 0 Å². The molecule has 100 valence electrons. The summed E-state index contributed by atoms with van der Waals surface area (Å²) in [6.07, 6.45) is 0.846. The number of benzene rings is 1. The van der Waals surface area contributed by atoms with Gasteiger partial charge in [-0.15, -0.1) is 0 Å². The molecule has 1 amide bonds. The summed E-state index contributed by atoms with van der Waals surface area (Å²) >= 11 is 0. The number of nitrogens with two attached hydrogens (primary N) is 1. The molecule has 0 bridgehead atoms. The lowest BCUT2D eigenvalue weighted by Gasteiger charge is -2.18. The second-order valence-corrected chi connectivity index (χ2v) is 4.39. The maximum Gasteiger partial charge on any atom is 0.267 e. The fourth-order valence-corrected chi connectivity index (χ4v) is 1.58. The van der Waals surface area contributed by atoms with E-state index in [1.165, 1.54) is 5.01 Å². The second-order valence-electron chi connectivity index (χ2n) is 4.39. The van der Waals surface area contributed by atoms with Gasteiger partial charge in [0.05, 0.1) is 7.11 Å². The quantitative estimate of drug-likeness (QED) is 0.465. The third-order valence-electron chi connectivity index (χ3n) is 2.58. The van der Waals surface area contributed by atoms with Gasteiger partial charge in [-0.05, 0) is 45.3 Å². The fourth-order valence-electron chi connectivity index (χ4n) is 1.58. The lowest BCUT2D eigenvalue weighted by atomic mass is 10.2. The molecule has 0 aliphatic carbocycles. The summed E-state index contributed by atoms with van der Waals surface area (Å²) in [4.78, 5) is 14.1. The highest BCUT2D eigenvalue weighted by molar-refractivity contribution is 5.94. The third-order valence-corrected chi connectivity index (χ3v) is 2.58. The standard InChI is InChI=1S/C13H21N3O2/c1-15(2)8-5-9-16(14)13(17)11-6-4-7-12(10-11)18-3/h4,6-7,10H,5,8-9,14H2,1-3H3. The van der Waals surface area contributed by atoms with Crippen LogP contribution in [0.5, 0.6) is 5.75 Å². The Morgan fingerprint density at radius 1 is 1.33 bits per heavy atom. The van der Waals surface area contributed by atoms with E-state index in [4.69, 9.17) is 10.6 Å². The number of rotatable bonds is 6. The minimum absolute atomic E-state index is 0.187. The molecule has 0 fully saturated rings. The Kier molecular flexibility index (Phi) is 5.61. The molecular weight excluding hydrogens is 230 g/mol. The Balaban J connectivity index is 2.56. The van der Waals surface area contributed by atoms with Crippen molar-refractivity contribution in [3.05, 3.63) is 29.8 Å². The minimum atomic E-state index is -0.187. The topological polar surface area (TPSA) is 58.8 Å². The summed E-state index contributed by atoms with van der Waals surface area (Å²) < 4.78 is 5.08. The molecule has 2 N–H and O–H groups in total. The summed E-state index contributed by atoms with van der Waals surface area (Å²) in [6.45, 7) is 1.44. The molecule has 0 aliphatic rings. The maximum absolute atomic E-state index is 12.0. The molecule has 0 saturated carbocycles. The Morgan fingerprint density at radius 2 is 2.06 bits per heavy atom. The smallest absolute Gasteiger partial charge is 0.267 e. The monoisotopic (exact) mass is 251 g/mol. The van der Waals surface area contributed by atoms with E-state index >= 15 is 0 Å². The van der Waals surface area contributed by atoms with Crippen molar-refractivity contribution >= 4 is 5.91 Å². The van der Waals surface area contributed by atoms with Crippen molar-refractivity contribution < 1.29 is 9.53 Å². The summed E-state index contributed by atoms with van der Waals surface area (Å²) in [6, 6.07) is 6.99. The summed E-state index contributed by atoms with van der Waals surface area (Å²) in [5.74, 6) is 6.22. The van der Waals surface area contributed by atoms with E-state index in [1.54, 1.807) is 31.4 Å². The van der Waals surface area contributed by atoms with Crippen molar-refractivity contribution in [2.24, 2.45) is 5.84 Å². The molecule has 1 aromatic carbocycles. The van der Waals surface area contributed by atoms with Gasteiger partial charge >= 0.3 is 0 Å². The first-order chi connectivity index (χ1) is 8.54. The van der Waals surface area contributed by atoms with E-state index in [0.717, 1.165) is 13.0 Å². The first-order valence-electron chi connectivity index (χ1n) is 5.90. The number of methoxy groups -OCH3 is 1. The third kappa shape index (κ3) is 4.35. The van der Waals surface area contributed by atoms with Crippen LogP contribution in [0.2, 0.25) is 0 Å². The highest BCUT2D eigenvalue weighted by atomic mass is 16.5. The van der Waals surface area contributed by atoms with Gasteiger partial charge in [0, 0.05) is 12.1 Å². The van der Waals surface area contributed by atoms with Crippen molar-refractivity contribution in [3.63, 3.8) is 0 Å². The number of carbonyl (C=O) groups excluding carboxylic acids is 1. The highest BCUT2D eigenvalue weighted by Crippen LogP contribution is 2.13. The minimum Gasteiger partial charge on any atom is -0.497 e. The van der Waals surface area contributed by atoms with Gasteiger partial charge in [0.2, 0.25) is 0 Å². The SMILES string of the molecule is COc1cccc(C(=O)N(N)CCCN(C)C)c1. The van der Waals surface area contributed by atoms with E-state index in [2.05, 4.69) is 4.90 Å². The average Bonchev–Trinajstić information content (AvgIpc) is 2.37. The van der Waals surface area contributed by atoms with E-state index in [1.807, 2.05) is 14.1 Å². The number of nitrogens with zero attached hydrogens (tertiary/aromatic N) is 2. The lowest BCUT2D eigenvalue weighted by Crippen LogP contribution is -2.39. The lowest BCUT2D eigenvalue weighted by molar-refractivity contribution is 0.0750. The van der Waals surface area contributed by atoms with Gasteiger partial charge in [0.15, 0.2) is 0 Å². The Hall–Kier alpha value is -1.59.